The summed E-state index contributed by atoms with van der Waals surface area (Å²) in [6.45, 7) is 2.15. The minimum atomic E-state index is -0.226. The molecule has 0 fully saturated rings. The number of rotatable bonds is 3. The van der Waals surface area contributed by atoms with E-state index in [9.17, 15) is 9.59 Å². The maximum Gasteiger partial charge on any atom is 0.309 e. The van der Waals surface area contributed by atoms with Gasteiger partial charge in [-0.15, -0.1) is 0 Å². The number of carbonyl (C=O) groups is 2. The van der Waals surface area contributed by atoms with E-state index in [0.29, 0.717) is 36.5 Å². The third-order valence-electron chi connectivity index (χ3n) is 2.29. The van der Waals surface area contributed by atoms with Crippen molar-refractivity contribution in [2.45, 2.75) is 26.2 Å². The fourth-order valence-electron chi connectivity index (χ4n) is 1.51. The van der Waals surface area contributed by atoms with Gasteiger partial charge in [-0.25, -0.2) is 0 Å². The minimum absolute atomic E-state index is 0.197. The quantitative estimate of drug-likeness (QED) is 0.536. The molecular formula is C10H13ClO3. The van der Waals surface area contributed by atoms with Crippen molar-refractivity contribution in [2.75, 3.05) is 6.61 Å². The Hall–Kier alpha value is -0.830. The molecule has 1 aliphatic rings. The zero-order valence-electron chi connectivity index (χ0n) is 8.09. The summed E-state index contributed by atoms with van der Waals surface area (Å²) in [5, 5.41) is 0.584. The third kappa shape index (κ3) is 2.58. The van der Waals surface area contributed by atoms with Crippen molar-refractivity contribution in [3.05, 3.63) is 10.6 Å². The number of hydrogen-bond acceptors (Lipinski definition) is 3. The van der Waals surface area contributed by atoms with Crippen LogP contribution in [0.4, 0.5) is 0 Å². The topological polar surface area (TPSA) is 43.4 Å². The van der Waals surface area contributed by atoms with Crippen molar-refractivity contribution in [1.29, 1.82) is 0 Å². The SMILES string of the molecule is CCOC(=O)C1CCC(Cl)=C(C=O)C1. The molecule has 0 aromatic heterocycles. The maximum absolute atomic E-state index is 11.4. The van der Waals surface area contributed by atoms with Gasteiger partial charge in [0, 0.05) is 10.6 Å². The molecule has 0 spiro atoms. The van der Waals surface area contributed by atoms with E-state index < -0.39 is 0 Å². The first-order chi connectivity index (χ1) is 6.69. The van der Waals surface area contributed by atoms with Crippen LogP contribution in [0.2, 0.25) is 0 Å². The molecule has 0 amide bonds. The van der Waals surface area contributed by atoms with Crippen molar-refractivity contribution >= 4 is 23.9 Å². The molecule has 0 saturated heterocycles. The molecule has 1 unspecified atom stereocenters. The van der Waals surface area contributed by atoms with Crippen LogP contribution in [0.15, 0.2) is 10.6 Å². The number of aldehydes is 1. The van der Waals surface area contributed by atoms with Crippen molar-refractivity contribution in [2.24, 2.45) is 5.92 Å². The fourth-order valence-corrected chi connectivity index (χ4v) is 1.74. The lowest BCUT2D eigenvalue weighted by Crippen LogP contribution is -2.21. The molecule has 4 heteroatoms. The molecule has 0 N–H and O–H groups in total. The Morgan fingerprint density at radius 1 is 1.71 bits per heavy atom. The highest BCUT2D eigenvalue weighted by molar-refractivity contribution is 6.31. The first-order valence-corrected chi connectivity index (χ1v) is 5.06. The lowest BCUT2D eigenvalue weighted by molar-refractivity contribution is -0.148. The van der Waals surface area contributed by atoms with E-state index in [-0.39, 0.29) is 11.9 Å². The van der Waals surface area contributed by atoms with Crippen LogP contribution >= 0.6 is 11.6 Å². The summed E-state index contributed by atoms with van der Waals surface area (Å²) in [4.78, 5) is 22.0. The van der Waals surface area contributed by atoms with E-state index in [1.54, 1.807) is 6.92 Å². The average Bonchev–Trinajstić information content (AvgIpc) is 2.19. The zero-order valence-corrected chi connectivity index (χ0v) is 8.84. The Kier molecular flexibility index (Phi) is 4.14. The smallest absolute Gasteiger partial charge is 0.309 e. The predicted octanol–water partition coefficient (Wildman–Crippen LogP) is 2.04. The molecule has 0 saturated carbocycles. The lowest BCUT2D eigenvalue weighted by Gasteiger charge is -2.20. The first-order valence-electron chi connectivity index (χ1n) is 4.68. The standard InChI is InChI=1S/C10H13ClO3/c1-2-14-10(13)7-3-4-9(11)8(5-7)6-12/h6-7H,2-5H2,1H3. The van der Waals surface area contributed by atoms with Crippen molar-refractivity contribution in [1.82, 2.24) is 0 Å². The van der Waals surface area contributed by atoms with Crippen LogP contribution < -0.4 is 0 Å². The van der Waals surface area contributed by atoms with Crippen molar-refractivity contribution in [3.8, 4) is 0 Å². The van der Waals surface area contributed by atoms with Crippen LogP contribution in [0.5, 0.6) is 0 Å². The monoisotopic (exact) mass is 216 g/mol. The number of ether oxygens (including phenoxy) is 1. The fraction of sp³-hybridized carbons (Fsp3) is 0.600. The maximum atomic E-state index is 11.4. The number of halogens is 1. The van der Waals surface area contributed by atoms with Crippen LogP contribution in [0, 0.1) is 5.92 Å². The Morgan fingerprint density at radius 3 is 3.00 bits per heavy atom. The summed E-state index contributed by atoms with van der Waals surface area (Å²) in [5.41, 5.74) is 0.538. The average molecular weight is 217 g/mol. The molecule has 1 aliphatic carbocycles. The highest BCUT2D eigenvalue weighted by Gasteiger charge is 2.26. The van der Waals surface area contributed by atoms with E-state index >= 15 is 0 Å². The van der Waals surface area contributed by atoms with Gasteiger partial charge in [-0.1, -0.05) is 11.6 Å². The van der Waals surface area contributed by atoms with Gasteiger partial charge in [-0.2, -0.15) is 0 Å². The van der Waals surface area contributed by atoms with E-state index in [1.807, 2.05) is 0 Å². The van der Waals surface area contributed by atoms with Crippen LogP contribution in [0.1, 0.15) is 26.2 Å². The molecule has 0 aromatic carbocycles. The molecular weight excluding hydrogens is 204 g/mol. The molecule has 3 nitrogen and oxygen atoms in total. The molecule has 0 aliphatic heterocycles. The molecule has 0 aromatic rings. The molecule has 0 radical (unpaired) electrons. The van der Waals surface area contributed by atoms with Crippen molar-refractivity contribution in [3.63, 3.8) is 0 Å². The van der Waals surface area contributed by atoms with Crippen molar-refractivity contribution < 1.29 is 14.3 Å². The van der Waals surface area contributed by atoms with Gasteiger partial charge in [0.1, 0.15) is 6.29 Å². The highest BCUT2D eigenvalue weighted by Crippen LogP contribution is 2.31. The normalized spacial score (nSPS) is 22.0. The lowest BCUT2D eigenvalue weighted by atomic mass is 9.89. The second kappa shape index (κ2) is 5.15. The Morgan fingerprint density at radius 2 is 2.43 bits per heavy atom. The van der Waals surface area contributed by atoms with E-state index in [4.69, 9.17) is 16.3 Å². The molecule has 1 rings (SSSR count). The van der Waals surface area contributed by atoms with Crippen LogP contribution in [0.3, 0.4) is 0 Å². The largest absolute Gasteiger partial charge is 0.466 e. The van der Waals surface area contributed by atoms with Gasteiger partial charge >= 0.3 is 5.97 Å². The number of hydrogen-bond donors (Lipinski definition) is 0. The van der Waals surface area contributed by atoms with E-state index in [1.165, 1.54) is 0 Å². The Bertz CT molecular complexity index is 271. The van der Waals surface area contributed by atoms with Gasteiger partial charge in [0.05, 0.1) is 12.5 Å². The molecule has 14 heavy (non-hydrogen) atoms. The van der Waals surface area contributed by atoms with Gasteiger partial charge in [0.25, 0.3) is 0 Å². The minimum Gasteiger partial charge on any atom is -0.466 e. The van der Waals surface area contributed by atoms with Gasteiger partial charge in [0.2, 0.25) is 0 Å². The summed E-state index contributed by atoms with van der Waals surface area (Å²) in [6, 6.07) is 0. The zero-order chi connectivity index (χ0) is 10.6. The molecule has 78 valence electrons. The van der Waals surface area contributed by atoms with E-state index in [0.717, 1.165) is 6.29 Å². The second-order valence-electron chi connectivity index (χ2n) is 3.24. The Balaban J connectivity index is 2.62. The third-order valence-corrected chi connectivity index (χ3v) is 2.72. The van der Waals surface area contributed by atoms with Gasteiger partial charge < -0.3 is 4.74 Å². The van der Waals surface area contributed by atoms with Gasteiger partial charge in [-0.3, -0.25) is 9.59 Å². The molecule has 0 bridgehead atoms. The van der Waals surface area contributed by atoms with Crippen LogP contribution in [0.25, 0.3) is 0 Å². The summed E-state index contributed by atoms with van der Waals surface area (Å²) >= 11 is 5.83. The van der Waals surface area contributed by atoms with Gasteiger partial charge in [0.15, 0.2) is 0 Å². The number of carbonyl (C=O) groups excluding carboxylic acids is 2. The Labute approximate surface area is 88.1 Å². The summed E-state index contributed by atoms with van der Waals surface area (Å²) < 4.78 is 4.89. The predicted molar refractivity (Wildman–Crippen MR) is 52.9 cm³/mol. The van der Waals surface area contributed by atoms with Gasteiger partial charge in [-0.05, 0) is 26.2 Å². The highest BCUT2D eigenvalue weighted by atomic mass is 35.5. The van der Waals surface area contributed by atoms with Crippen LogP contribution in [-0.4, -0.2) is 18.9 Å². The van der Waals surface area contributed by atoms with Crippen LogP contribution in [-0.2, 0) is 14.3 Å². The summed E-state index contributed by atoms with van der Waals surface area (Å²) in [5.74, 6) is -0.423. The van der Waals surface area contributed by atoms with E-state index in [2.05, 4.69) is 0 Å². The summed E-state index contributed by atoms with van der Waals surface area (Å²) in [7, 11) is 0. The summed E-state index contributed by atoms with van der Waals surface area (Å²) in [6.07, 6.45) is 2.42. The molecule has 1 atom stereocenters. The number of esters is 1. The molecule has 0 heterocycles. The number of allylic oxidation sites excluding steroid dienone is 2. The second-order valence-corrected chi connectivity index (χ2v) is 3.70. The first kappa shape index (κ1) is 11.2.